The van der Waals surface area contributed by atoms with Crippen molar-refractivity contribution in [3.05, 3.63) is 84.6 Å². The average molecular weight is 806 g/mol. The van der Waals surface area contributed by atoms with Gasteiger partial charge in [-0.3, -0.25) is 19.3 Å². The predicted molar refractivity (Wildman–Crippen MR) is 189 cm³/mol. The van der Waals surface area contributed by atoms with Gasteiger partial charge in [0.05, 0.1) is 50.4 Å². The minimum Gasteiger partial charge on any atom is -0.504 e. The lowest BCUT2D eigenvalue weighted by Gasteiger charge is -2.49. The van der Waals surface area contributed by atoms with E-state index in [1.165, 1.54) is 41.3 Å². The van der Waals surface area contributed by atoms with Gasteiger partial charge in [0.25, 0.3) is 17.4 Å². The summed E-state index contributed by atoms with van der Waals surface area (Å²) in [5.74, 6) is -2.18. The molecular formula is C33H31BrCl2N6O9. The van der Waals surface area contributed by atoms with E-state index in [2.05, 4.69) is 20.9 Å². The highest BCUT2D eigenvalue weighted by Gasteiger charge is 2.75. The number of aromatic hydroxyl groups is 1. The lowest BCUT2D eigenvalue weighted by molar-refractivity contribution is -0.138. The molecule has 4 atom stereocenters. The molecular weight excluding hydrogens is 775 g/mol. The number of phenolic OH excluding ortho intramolecular Hbond substituents is 1. The lowest BCUT2D eigenvalue weighted by Crippen LogP contribution is -2.59. The number of phenols is 1. The normalized spacial score (nSPS) is 23.9. The number of fused-ring (bicyclic) bond motifs is 5. The van der Waals surface area contributed by atoms with Crippen LogP contribution in [0.2, 0.25) is 0 Å². The zero-order chi connectivity index (χ0) is 36.7. The Kier molecular flexibility index (Phi) is 8.42. The Bertz CT molecular complexity index is 2380. The summed E-state index contributed by atoms with van der Waals surface area (Å²) in [6.07, 6.45) is 1.27. The van der Waals surface area contributed by atoms with Gasteiger partial charge in [0.15, 0.2) is 32.7 Å². The van der Waals surface area contributed by atoms with E-state index in [1.807, 2.05) is 0 Å². The van der Waals surface area contributed by atoms with Crippen LogP contribution in [0.1, 0.15) is 29.6 Å². The standard InChI is InChI=1S/C33H31BrCl2N6O9/c1-38-20-13-24(51-4)23(50-3)12-19(20)37-18(27(38)44)9-10-39-30(47)41-11-8-16-21(42(41)31(39)48)14-32(35)28(45)40(15-34)29(46)33(32,36)25(16)17-6-5-7-22(49-2)26(17)43/h5-8,12-13,21,25,43H,9-11,14-15H2,1-4H3/t21-,25-,32-,33+/m1/s1. The van der Waals surface area contributed by atoms with Gasteiger partial charge in [-0.2, -0.15) is 0 Å². The SMILES string of the molecule is COc1cc2nc(CCn3c(=O)n4n(c3=O)[C@@H]3C[C@@]5(Cl)C(=O)N(CBr)C(=O)[C@@]5(Cl)[C@@H](c5cccc(OC)c5O)C3=CC4)c(=O)n(C)c2cc1OC. The lowest BCUT2D eigenvalue weighted by atomic mass is 9.64. The topological polar surface area (TPSA) is 169 Å². The molecule has 2 aromatic heterocycles. The Balaban J connectivity index is 1.33. The summed E-state index contributed by atoms with van der Waals surface area (Å²) in [5.41, 5.74) is -0.404. The molecule has 18 heteroatoms. The first-order valence-electron chi connectivity index (χ1n) is 15.7. The molecule has 1 saturated carbocycles. The van der Waals surface area contributed by atoms with Gasteiger partial charge in [-0.15, -0.1) is 23.2 Å². The van der Waals surface area contributed by atoms with Gasteiger partial charge in [-0.25, -0.2) is 28.5 Å². The molecule has 2 amide bonds. The summed E-state index contributed by atoms with van der Waals surface area (Å²) in [4.78, 5) is 70.4. The summed E-state index contributed by atoms with van der Waals surface area (Å²) in [7, 11) is 5.90. The molecule has 0 radical (unpaired) electrons. The number of halogens is 3. The van der Waals surface area contributed by atoms with Crippen LogP contribution in [-0.4, -0.2) is 81.8 Å². The van der Waals surface area contributed by atoms with Crippen LogP contribution in [-0.2, 0) is 36.1 Å². The fourth-order valence-electron chi connectivity index (χ4n) is 7.63. The Labute approximate surface area is 307 Å². The monoisotopic (exact) mass is 804 g/mol. The van der Waals surface area contributed by atoms with Crippen molar-refractivity contribution in [3.8, 4) is 23.0 Å². The Morgan fingerprint density at radius 1 is 0.980 bits per heavy atom. The highest BCUT2D eigenvalue weighted by atomic mass is 79.9. The summed E-state index contributed by atoms with van der Waals surface area (Å²) >= 11 is 17.6. The smallest absolute Gasteiger partial charge is 0.347 e. The zero-order valence-electron chi connectivity index (χ0n) is 27.7. The maximum absolute atomic E-state index is 14.2. The van der Waals surface area contributed by atoms with Crippen molar-refractivity contribution in [3.63, 3.8) is 0 Å². The Morgan fingerprint density at radius 3 is 2.33 bits per heavy atom. The number of allylic oxidation sites excluding steroid dienone is 2. The summed E-state index contributed by atoms with van der Waals surface area (Å²) < 4.78 is 20.9. The molecule has 3 aliphatic rings. The number of para-hydroxylation sites is 1. The number of benzene rings is 2. The number of amides is 2. The van der Waals surface area contributed by atoms with Crippen molar-refractivity contribution < 1.29 is 28.9 Å². The molecule has 1 aliphatic carbocycles. The van der Waals surface area contributed by atoms with Gasteiger partial charge in [-0.1, -0.05) is 34.1 Å². The van der Waals surface area contributed by atoms with Crippen LogP contribution in [0.4, 0.5) is 0 Å². The summed E-state index contributed by atoms with van der Waals surface area (Å²) in [5, 5.41) is 11.3. The van der Waals surface area contributed by atoms with E-state index in [4.69, 9.17) is 37.4 Å². The fraction of sp³-hybridized carbons (Fsp3) is 0.394. The summed E-state index contributed by atoms with van der Waals surface area (Å²) in [6.45, 7) is -0.299. The van der Waals surface area contributed by atoms with Gasteiger partial charge in [-0.05, 0) is 11.6 Å². The van der Waals surface area contributed by atoms with Crippen LogP contribution in [0.3, 0.4) is 0 Å². The molecule has 0 bridgehead atoms. The minimum atomic E-state index is -2.12. The van der Waals surface area contributed by atoms with Crippen LogP contribution in [0, 0.1) is 0 Å². The van der Waals surface area contributed by atoms with Gasteiger partial charge in [0, 0.05) is 50.0 Å². The number of carbonyl (C=O) groups excluding carboxylic acids is 2. The van der Waals surface area contributed by atoms with Gasteiger partial charge < -0.3 is 23.9 Å². The first-order valence-corrected chi connectivity index (χ1v) is 17.6. The third kappa shape index (κ3) is 4.68. The number of ether oxygens (including phenoxy) is 3. The number of imide groups is 1. The first kappa shape index (κ1) is 34.9. The van der Waals surface area contributed by atoms with Crippen molar-refractivity contribution in [1.29, 1.82) is 0 Å². The van der Waals surface area contributed by atoms with Gasteiger partial charge >= 0.3 is 11.4 Å². The first-order chi connectivity index (χ1) is 24.3. The molecule has 15 nitrogen and oxygen atoms in total. The van der Waals surface area contributed by atoms with Crippen LogP contribution in [0.15, 0.2) is 56.4 Å². The fourth-order valence-corrected chi connectivity index (χ4v) is 9.02. The number of carbonyl (C=O) groups is 2. The van der Waals surface area contributed by atoms with Crippen molar-refractivity contribution in [1.82, 2.24) is 28.4 Å². The maximum Gasteiger partial charge on any atom is 0.347 e. The second-order valence-electron chi connectivity index (χ2n) is 12.4. The highest BCUT2D eigenvalue weighted by molar-refractivity contribution is 9.09. The molecule has 51 heavy (non-hydrogen) atoms. The molecule has 1 saturated heterocycles. The number of rotatable bonds is 8. The number of hydrogen-bond acceptors (Lipinski definition) is 10. The minimum absolute atomic E-state index is 0.0706. The van der Waals surface area contributed by atoms with E-state index in [0.717, 1.165) is 9.47 Å². The maximum atomic E-state index is 14.2. The van der Waals surface area contributed by atoms with E-state index in [0.29, 0.717) is 28.1 Å². The van der Waals surface area contributed by atoms with Crippen LogP contribution < -0.4 is 31.1 Å². The number of methoxy groups -OCH3 is 3. The van der Waals surface area contributed by atoms with E-state index < -0.39 is 50.5 Å². The molecule has 4 aromatic rings. The highest BCUT2D eigenvalue weighted by Crippen LogP contribution is 2.64. The Hall–Kier alpha value is -4.54. The molecule has 2 aliphatic heterocycles. The number of likely N-dealkylation sites (tertiary alicyclic amines) is 1. The molecule has 0 spiro atoms. The van der Waals surface area contributed by atoms with Crippen molar-refractivity contribution >= 4 is 62.0 Å². The molecule has 4 heterocycles. The van der Waals surface area contributed by atoms with E-state index in [9.17, 15) is 29.1 Å². The largest absolute Gasteiger partial charge is 0.504 e. The van der Waals surface area contributed by atoms with E-state index in [1.54, 1.807) is 37.4 Å². The van der Waals surface area contributed by atoms with Crippen LogP contribution in [0.25, 0.3) is 11.0 Å². The predicted octanol–water partition coefficient (Wildman–Crippen LogP) is 2.38. The zero-order valence-corrected chi connectivity index (χ0v) is 30.8. The van der Waals surface area contributed by atoms with Gasteiger partial charge in [0.2, 0.25) is 0 Å². The molecule has 268 valence electrons. The number of aryl methyl sites for hydroxylation is 2. The number of hydrogen-bond donors (Lipinski definition) is 1. The van der Waals surface area contributed by atoms with E-state index in [-0.39, 0.29) is 54.1 Å². The van der Waals surface area contributed by atoms with E-state index >= 15 is 0 Å². The van der Waals surface area contributed by atoms with Crippen LogP contribution in [0.5, 0.6) is 23.0 Å². The molecule has 2 aromatic carbocycles. The second kappa shape index (κ2) is 12.3. The number of alkyl halides is 3. The van der Waals surface area contributed by atoms with Crippen molar-refractivity contribution in [2.24, 2.45) is 7.05 Å². The quantitative estimate of drug-likeness (QED) is 0.121. The third-order valence-electron chi connectivity index (χ3n) is 10.1. The number of nitrogens with zero attached hydrogens (tertiary/aromatic N) is 6. The number of aromatic nitrogens is 5. The van der Waals surface area contributed by atoms with Crippen LogP contribution >= 0.6 is 39.1 Å². The Morgan fingerprint density at radius 2 is 1.67 bits per heavy atom. The molecule has 1 N–H and O–H groups in total. The third-order valence-corrected chi connectivity index (χ3v) is 12.1. The van der Waals surface area contributed by atoms with Crippen molar-refractivity contribution in [2.45, 2.75) is 47.6 Å². The second-order valence-corrected chi connectivity index (χ2v) is 14.2. The van der Waals surface area contributed by atoms with Crippen molar-refractivity contribution in [2.75, 3.05) is 26.8 Å². The molecule has 7 rings (SSSR count). The molecule has 2 fully saturated rings. The molecule has 0 unspecified atom stereocenters. The van der Waals surface area contributed by atoms with Gasteiger partial charge in [0.1, 0.15) is 5.69 Å². The average Bonchev–Trinajstić information content (AvgIpc) is 3.45. The summed E-state index contributed by atoms with van der Waals surface area (Å²) in [6, 6.07) is 6.89.